The van der Waals surface area contributed by atoms with Crippen LogP contribution in [-0.4, -0.2) is 42.7 Å². The average molecular weight is 451 g/mol. The van der Waals surface area contributed by atoms with Gasteiger partial charge in [0, 0.05) is 25.5 Å². The molecule has 0 fully saturated rings. The van der Waals surface area contributed by atoms with E-state index in [0.717, 1.165) is 6.42 Å². The SMILES string of the molecule is CCCOc1ccc(C(=O)CCC(=O)N(C)CC(=O)Nc2c(Cl)cccc2Cl)cc1. The van der Waals surface area contributed by atoms with E-state index in [1.165, 1.54) is 11.9 Å². The van der Waals surface area contributed by atoms with Crippen molar-refractivity contribution in [2.45, 2.75) is 26.2 Å². The molecule has 160 valence electrons. The maximum Gasteiger partial charge on any atom is 0.244 e. The number of anilines is 1. The van der Waals surface area contributed by atoms with Gasteiger partial charge in [-0.15, -0.1) is 0 Å². The monoisotopic (exact) mass is 450 g/mol. The van der Waals surface area contributed by atoms with Crippen LogP contribution in [-0.2, 0) is 9.59 Å². The summed E-state index contributed by atoms with van der Waals surface area (Å²) in [5, 5.41) is 3.21. The predicted octanol–water partition coefficient (Wildman–Crippen LogP) is 4.84. The van der Waals surface area contributed by atoms with Crippen LogP contribution < -0.4 is 10.1 Å². The standard InChI is InChI=1S/C22H24Cl2N2O4/c1-3-13-30-16-9-7-15(8-10-16)19(27)11-12-21(29)26(2)14-20(28)25-22-17(23)5-4-6-18(22)24/h4-10H,3,11-14H2,1-2H3,(H,25,28). The van der Waals surface area contributed by atoms with Gasteiger partial charge >= 0.3 is 0 Å². The summed E-state index contributed by atoms with van der Waals surface area (Å²) in [6.07, 6.45) is 0.958. The Labute approximate surface area is 186 Å². The van der Waals surface area contributed by atoms with E-state index in [9.17, 15) is 14.4 Å². The lowest BCUT2D eigenvalue weighted by atomic mass is 10.1. The van der Waals surface area contributed by atoms with Gasteiger partial charge in [-0.1, -0.05) is 36.2 Å². The number of amides is 2. The van der Waals surface area contributed by atoms with Gasteiger partial charge in [0.25, 0.3) is 0 Å². The molecule has 0 radical (unpaired) electrons. The summed E-state index contributed by atoms with van der Waals surface area (Å²) in [6.45, 7) is 2.45. The zero-order chi connectivity index (χ0) is 22.1. The third-order valence-corrected chi connectivity index (χ3v) is 4.88. The summed E-state index contributed by atoms with van der Waals surface area (Å²) in [5.74, 6) is -0.193. The number of hydrogen-bond acceptors (Lipinski definition) is 4. The van der Waals surface area contributed by atoms with Crippen molar-refractivity contribution >= 4 is 46.5 Å². The van der Waals surface area contributed by atoms with E-state index in [0.29, 0.717) is 33.7 Å². The maximum atomic E-state index is 12.3. The van der Waals surface area contributed by atoms with Crippen molar-refractivity contribution < 1.29 is 19.1 Å². The molecule has 2 aromatic carbocycles. The quantitative estimate of drug-likeness (QED) is 0.525. The molecule has 30 heavy (non-hydrogen) atoms. The van der Waals surface area contributed by atoms with E-state index in [1.54, 1.807) is 42.5 Å². The van der Waals surface area contributed by atoms with Crippen molar-refractivity contribution in [2.75, 3.05) is 25.5 Å². The summed E-state index contributed by atoms with van der Waals surface area (Å²) in [5.41, 5.74) is 0.814. The number of halogens is 2. The highest BCUT2D eigenvalue weighted by atomic mass is 35.5. The number of para-hydroxylation sites is 1. The third-order valence-electron chi connectivity index (χ3n) is 4.25. The maximum absolute atomic E-state index is 12.3. The number of nitrogens with zero attached hydrogens (tertiary/aromatic N) is 1. The summed E-state index contributed by atoms with van der Waals surface area (Å²) in [4.78, 5) is 38.1. The van der Waals surface area contributed by atoms with Crippen molar-refractivity contribution in [1.82, 2.24) is 4.90 Å². The summed E-state index contributed by atoms with van der Waals surface area (Å²) in [7, 11) is 1.50. The van der Waals surface area contributed by atoms with E-state index in [4.69, 9.17) is 27.9 Å². The summed E-state index contributed by atoms with van der Waals surface area (Å²) < 4.78 is 5.49. The minimum Gasteiger partial charge on any atom is -0.494 e. The van der Waals surface area contributed by atoms with Crippen LogP contribution in [0.5, 0.6) is 5.75 Å². The van der Waals surface area contributed by atoms with Gasteiger partial charge in [0.05, 0.1) is 28.9 Å². The van der Waals surface area contributed by atoms with Crippen LogP contribution >= 0.6 is 23.2 Å². The Hall–Kier alpha value is -2.57. The van der Waals surface area contributed by atoms with Crippen molar-refractivity contribution in [2.24, 2.45) is 0 Å². The van der Waals surface area contributed by atoms with Crippen molar-refractivity contribution in [1.29, 1.82) is 0 Å². The van der Waals surface area contributed by atoms with Gasteiger partial charge in [-0.05, 0) is 42.8 Å². The molecule has 1 N–H and O–H groups in total. The first-order valence-corrected chi connectivity index (χ1v) is 10.3. The number of hydrogen-bond donors (Lipinski definition) is 1. The number of rotatable bonds is 10. The third kappa shape index (κ3) is 7.04. The number of carbonyl (C=O) groups excluding carboxylic acids is 3. The molecule has 0 heterocycles. The number of ketones is 1. The van der Waals surface area contributed by atoms with Gasteiger partial charge in [-0.25, -0.2) is 0 Å². The predicted molar refractivity (Wildman–Crippen MR) is 119 cm³/mol. The Kier molecular flexibility index (Phi) is 9.15. The molecule has 0 spiro atoms. The van der Waals surface area contributed by atoms with Crippen LogP contribution in [0.15, 0.2) is 42.5 Å². The fourth-order valence-electron chi connectivity index (χ4n) is 2.61. The number of carbonyl (C=O) groups is 3. The Morgan fingerprint density at radius 2 is 1.63 bits per heavy atom. The molecule has 0 bridgehead atoms. The van der Waals surface area contributed by atoms with Crippen LogP contribution in [0.1, 0.15) is 36.5 Å². The van der Waals surface area contributed by atoms with Gasteiger partial charge in [0.2, 0.25) is 11.8 Å². The van der Waals surface area contributed by atoms with E-state index in [1.807, 2.05) is 6.92 Å². The zero-order valence-corrected chi connectivity index (χ0v) is 18.4. The van der Waals surface area contributed by atoms with Crippen LogP contribution in [0, 0.1) is 0 Å². The minimum absolute atomic E-state index is 0.00352. The van der Waals surface area contributed by atoms with Gasteiger partial charge in [0.15, 0.2) is 5.78 Å². The van der Waals surface area contributed by atoms with E-state index in [-0.39, 0.29) is 31.1 Å². The first kappa shape index (κ1) is 23.7. The van der Waals surface area contributed by atoms with Crippen LogP contribution in [0.25, 0.3) is 0 Å². The highest BCUT2D eigenvalue weighted by Crippen LogP contribution is 2.29. The number of likely N-dealkylation sites (N-methyl/N-ethyl adjacent to an activating group) is 1. The first-order valence-electron chi connectivity index (χ1n) is 9.55. The fourth-order valence-corrected chi connectivity index (χ4v) is 3.10. The molecule has 0 atom stereocenters. The normalized spacial score (nSPS) is 10.4. The molecule has 2 rings (SSSR count). The second-order valence-electron chi connectivity index (χ2n) is 6.69. The lowest BCUT2D eigenvalue weighted by molar-refractivity contribution is -0.133. The molecule has 0 aliphatic rings. The highest BCUT2D eigenvalue weighted by molar-refractivity contribution is 6.39. The Bertz CT molecular complexity index is 880. The van der Waals surface area contributed by atoms with Gasteiger partial charge in [-0.3, -0.25) is 14.4 Å². The Morgan fingerprint density at radius 1 is 1.00 bits per heavy atom. The lowest BCUT2D eigenvalue weighted by Gasteiger charge is -2.17. The molecule has 2 amide bonds. The first-order chi connectivity index (χ1) is 14.3. The second-order valence-corrected chi connectivity index (χ2v) is 7.51. The molecule has 0 aliphatic carbocycles. The topological polar surface area (TPSA) is 75.7 Å². The van der Waals surface area contributed by atoms with Crippen LogP contribution in [0.4, 0.5) is 5.69 Å². The highest BCUT2D eigenvalue weighted by Gasteiger charge is 2.17. The van der Waals surface area contributed by atoms with E-state index in [2.05, 4.69) is 5.32 Å². The molecule has 0 aliphatic heterocycles. The van der Waals surface area contributed by atoms with Crippen molar-refractivity contribution in [3.05, 3.63) is 58.1 Å². The molecule has 0 aromatic heterocycles. The number of benzene rings is 2. The number of ether oxygens (including phenoxy) is 1. The molecule has 8 heteroatoms. The molecule has 6 nitrogen and oxygen atoms in total. The second kappa shape index (κ2) is 11.6. The smallest absolute Gasteiger partial charge is 0.244 e. The Morgan fingerprint density at radius 3 is 2.23 bits per heavy atom. The fraction of sp³-hybridized carbons (Fsp3) is 0.318. The van der Waals surface area contributed by atoms with Crippen LogP contribution in [0.2, 0.25) is 10.0 Å². The molecule has 0 saturated carbocycles. The largest absolute Gasteiger partial charge is 0.494 e. The van der Waals surface area contributed by atoms with Gasteiger partial charge < -0.3 is 15.0 Å². The molecular weight excluding hydrogens is 427 g/mol. The lowest BCUT2D eigenvalue weighted by Crippen LogP contribution is -2.35. The van der Waals surface area contributed by atoms with Crippen molar-refractivity contribution in [3.63, 3.8) is 0 Å². The van der Waals surface area contributed by atoms with Gasteiger partial charge in [-0.2, -0.15) is 0 Å². The number of Topliss-reactive ketones (excluding diaryl/α,β-unsaturated/α-hetero) is 1. The van der Waals surface area contributed by atoms with E-state index < -0.39 is 5.91 Å². The Balaban J connectivity index is 1.82. The summed E-state index contributed by atoms with van der Waals surface area (Å²) >= 11 is 12.1. The van der Waals surface area contributed by atoms with E-state index >= 15 is 0 Å². The van der Waals surface area contributed by atoms with Crippen molar-refractivity contribution in [3.8, 4) is 5.75 Å². The molecule has 0 saturated heterocycles. The number of nitrogens with one attached hydrogen (secondary N) is 1. The molecular formula is C22H24Cl2N2O4. The van der Waals surface area contributed by atoms with Crippen LogP contribution in [0.3, 0.4) is 0 Å². The summed E-state index contributed by atoms with van der Waals surface area (Å²) in [6, 6.07) is 11.7. The minimum atomic E-state index is -0.435. The average Bonchev–Trinajstić information content (AvgIpc) is 2.73. The molecule has 2 aromatic rings. The molecule has 0 unspecified atom stereocenters. The zero-order valence-electron chi connectivity index (χ0n) is 16.9. The van der Waals surface area contributed by atoms with Gasteiger partial charge in [0.1, 0.15) is 5.75 Å².